The molecule has 1 unspecified atom stereocenters. The van der Waals surface area contributed by atoms with Crippen molar-refractivity contribution in [3.8, 4) is 0 Å². The minimum atomic E-state index is -0.266. The summed E-state index contributed by atoms with van der Waals surface area (Å²) >= 11 is 0. The molecule has 1 aliphatic heterocycles. The zero-order chi connectivity index (χ0) is 23.3. The number of likely N-dealkylation sites (tertiary alicyclic amines) is 1. The highest BCUT2D eigenvalue weighted by Crippen LogP contribution is 2.25. The van der Waals surface area contributed by atoms with Crippen LogP contribution in [0, 0.1) is 11.6 Å². The minimum absolute atomic E-state index is 0. The van der Waals surface area contributed by atoms with Crippen LogP contribution in [0.15, 0.2) is 60.9 Å². The van der Waals surface area contributed by atoms with Crippen molar-refractivity contribution in [1.29, 1.82) is 0 Å². The second kappa shape index (κ2) is 14.5. The zero-order valence-electron chi connectivity index (χ0n) is 20.3. The van der Waals surface area contributed by atoms with Crippen molar-refractivity contribution in [1.82, 2.24) is 14.9 Å². The number of aromatic nitrogens is 2. The van der Waals surface area contributed by atoms with E-state index in [0.717, 1.165) is 61.2 Å². The van der Waals surface area contributed by atoms with Gasteiger partial charge >= 0.3 is 0 Å². The number of halogens is 5. The van der Waals surface area contributed by atoms with Crippen LogP contribution in [0.2, 0.25) is 0 Å². The molecule has 0 aliphatic carbocycles. The van der Waals surface area contributed by atoms with Gasteiger partial charge in [0.2, 0.25) is 0 Å². The number of pyridine rings is 2. The highest BCUT2D eigenvalue weighted by atomic mass is 35.5. The third-order valence-corrected chi connectivity index (χ3v) is 6.64. The van der Waals surface area contributed by atoms with Gasteiger partial charge < -0.3 is 15.5 Å². The number of fused-ring (bicyclic) bond motifs is 2. The van der Waals surface area contributed by atoms with Crippen LogP contribution >= 0.6 is 37.2 Å². The maximum absolute atomic E-state index is 13.5. The molecule has 0 spiro atoms. The van der Waals surface area contributed by atoms with E-state index in [1.165, 1.54) is 37.1 Å². The van der Waals surface area contributed by atoms with Gasteiger partial charge in [-0.2, -0.15) is 0 Å². The largest absolute Gasteiger partial charge is 0.384 e. The molecule has 0 radical (unpaired) electrons. The lowest BCUT2D eigenvalue weighted by molar-refractivity contribution is 0.246. The minimum Gasteiger partial charge on any atom is -0.384 e. The third-order valence-electron chi connectivity index (χ3n) is 6.64. The van der Waals surface area contributed by atoms with Crippen molar-refractivity contribution in [3.63, 3.8) is 0 Å². The summed E-state index contributed by atoms with van der Waals surface area (Å²) in [5.74, 6) is -0.531. The summed E-state index contributed by atoms with van der Waals surface area (Å²) in [6.45, 7) is 3.92. The average molecular weight is 571 g/mol. The van der Waals surface area contributed by atoms with Gasteiger partial charge in [0.25, 0.3) is 0 Å². The molecule has 0 bridgehead atoms. The SMILES string of the molecule is Cl.Cl.Cl.Fc1ccc2c(NCCCN3CCCC3CCNc3ccnc4cc(F)ccc34)ccnc2c1. The number of anilines is 2. The van der Waals surface area contributed by atoms with Gasteiger partial charge in [-0.05, 0) is 68.6 Å². The van der Waals surface area contributed by atoms with Gasteiger partial charge in [-0.25, -0.2) is 8.78 Å². The van der Waals surface area contributed by atoms with Crippen LogP contribution in [-0.2, 0) is 0 Å². The summed E-state index contributed by atoms with van der Waals surface area (Å²) in [4.78, 5) is 11.1. The molecule has 5 rings (SSSR count). The molecule has 4 aromatic rings. The molecule has 2 aromatic carbocycles. The van der Waals surface area contributed by atoms with Gasteiger partial charge in [0.1, 0.15) is 11.6 Å². The van der Waals surface area contributed by atoms with Crippen molar-refractivity contribution in [3.05, 3.63) is 72.6 Å². The maximum atomic E-state index is 13.5. The topological polar surface area (TPSA) is 53.1 Å². The normalized spacial score (nSPS) is 15.0. The number of nitrogens with one attached hydrogen (secondary N) is 2. The fourth-order valence-electron chi connectivity index (χ4n) is 4.95. The molecule has 1 aliphatic rings. The second-order valence-electron chi connectivity index (χ2n) is 8.87. The Bertz CT molecular complexity index is 1290. The number of rotatable bonds is 9. The lowest BCUT2D eigenvalue weighted by Crippen LogP contribution is -2.32. The lowest BCUT2D eigenvalue weighted by atomic mass is 10.1. The number of nitrogens with zero attached hydrogens (tertiary/aromatic N) is 3. The Kier molecular flexibility index (Phi) is 12.0. The van der Waals surface area contributed by atoms with Crippen LogP contribution in [0.3, 0.4) is 0 Å². The lowest BCUT2D eigenvalue weighted by Gasteiger charge is -2.25. The van der Waals surface area contributed by atoms with E-state index in [-0.39, 0.29) is 48.9 Å². The predicted octanol–water partition coefficient (Wildman–Crippen LogP) is 7.10. The molecule has 2 aromatic heterocycles. The van der Waals surface area contributed by atoms with E-state index in [2.05, 4.69) is 25.5 Å². The Morgan fingerprint density at radius 3 is 1.95 bits per heavy atom. The van der Waals surface area contributed by atoms with Crippen molar-refractivity contribution in [2.45, 2.75) is 31.7 Å². The number of hydrogen-bond acceptors (Lipinski definition) is 5. The molecule has 37 heavy (non-hydrogen) atoms. The molecule has 10 heteroatoms. The smallest absolute Gasteiger partial charge is 0.125 e. The van der Waals surface area contributed by atoms with Crippen LogP contribution in [0.5, 0.6) is 0 Å². The van der Waals surface area contributed by atoms with Gasteiger partial charge in [0.05, 0.1) is 11.0 Å². The first-order valence-corrected chi connectivity index (χ1v) is 12.0. The third kappa shape index (κ3) is 7.54. The fourth-order valence-corrected chi connectivity index (χ4v) is 4.95. The van der Waals surface area contributed by atoms with E-state index in [1.54, 1.807) is 24.5 Å². The van der Waals surface area contributed by atoms with E-state index in [1.807, 2.05) is 12.1 Å². The molecule has 1 atom stereocenters. The van der Waals surface area contributed by atoms with Crippen molar-refractivity contribution in [2.75, 3.05) is 36.8 Å². The molecular weight excluding hydrogens is 539 g/mol. The molecular formula is C27H32Cl3F2N5. The predicted molar refractivity (Wildman–Crippen MR) is 156 cm³/mol. The fraction of sp³-hybridized carbons (Fsp3) is 0.333. The average Bonchev–Trinajstić information content (AvgIpc) is 3.28. The summed E-state index contributed by atoms with van der Waals surface area (Å²) in [7, 11) is 0. The van der Waals surface area contributed by atoms with Gasteiger partial charge in [0.15, 0.2) is 0 Å². The Balaban J connectivity index is 0.00000160. The van der Waals surface area contributed by atoms with Crippen molar-refractivity contribution >= 4 is 70.4 Å². The van der Waals surface area contributed by atoms with E-state index in [0.29, 0.717) is 17.1 Å². The van der Waals surface area contributed by atoms with Crippen LogP contribution in [-0.4, -0.2) is 47.1 Å². The van der Waals surface area contributed by atoms with Gasteiger partial charge in [-0.3, -0.25) is 9.97 Å². The van der Waals surface area contributed by atoms with Crippen molar-refractivity contribution in [2.24, 2.45) is 0 Å². The van der Waals surface area contributed by atoms with Gasteiger partial charge in [-0.1, -0.05) is 0 Å². The van der Waals surface area contributed by atoms with E-state index < -0.39 is 0 Å². The summed E-state index contributed by atoms with van der Waals surface area (Å²) in [5.41, 5.74) is 3.34. The summed E-state index contributed by atoms with van der Waals surface area (Å²) in [6.07, 6.45) is 8.00. The Morgan fingerprint density at radius 1 is 0.784 bits per heavy atom. The van der Waals surface area contributed by atoms with Crippen LogP contribution in [0.25, 0.3) is 21.8 Å². The Morgan fingerprint density at radius 2 is 1.35 bits per heavy atom. The Hall–Kier alpha value is -2.45. The first-order chi connectivity index (χ1) is 16.7. The van der Waals surface area contributed by atoms with E-state index >= 15 is 0 Å². The first-order valence-electron chi connectivity index (χ1n) is 12.0. The van der Waals surface area contributed by atoms with Crippen LogP contribution < -0.4 is 10.6 Å². The standard InChI is InChI=1S/C27H29F2N5.3ClH/c28-19-4-6-22-24(9-13-32-26(22)17-19)30-11-2-16-34-15-1-3-21(34)8-12-31-25-10-14-33-27-18-20(29)5-7-23(25)27;;;/h4-7,9-10,13-14,17-18,21H,1-3,8,11-12,15-16H2,(H,30,32)(H,31,33);3*1H. The van der Waals surface area contributed by atoms with Crippen LogP contribution in [0.4, 0.5) is 20.2 Å². The second-order valence-corrected chi connectivity index (χ2v) is 8.87. The molecule has 3 heterocycles. The van der Waals surface area contributed by atoms with E-state index in [4.69, 9.17) is 0 Å². The number of hydrogen-bond donors (Lipinski definition) is 2. The monoisotopic (exact) mass is 569 g/mol. The highest BCUT2D eigenvalue weighted by molar-refractivity contribution is 5.91. The molecule has 0 amide bonds. The molecule has 2 N–H and O–H groups in total. The van der Waals surface area contributed by atoms with Gasteiger partial charge in [0, 0.05) is 72.3 Å². The summed E-state index contributed by atoms with van der Waals surface area (Å²) in [5, 5.41) is 8.92. The summed E-state index contributed by atoms with van der Waals surface area (Å²) in [6, 6.07) is 13.9. The highest BCUT2D eigenvalue weighted by Gasteiger charge is 2.23. The Labute approximate surface area is 234 Å². The molecule has 1 saturated heterocycles. The first kappa shape index (κ1) is 30.8. The number of benzene rings is 2. The van der Waals surface area contributed by atoms with Crippen LogP contribution in [0.1, 0.15) is 25.7 Å². The van der Waals surface area contributed by atoms with E-state index in [9.17, 15) is 8.78 Å². The molecule has 5 nitrogen and oxygen atoms in total. The molecule has 0 saturated carbocycles. The van der Waals surface area contributed by atoms with Crippen molar-refractivity contribution < 1.29 is 8.78 Å². The molecule has 200 valence electrons. The maximum Gasteiger partial charge on any atom is 0.125 e. The molecule has 1 fully saturated rings. The zero-order valence-corrected chi connectivity index (χ0v) is 22.8. The quantitative estimate of drug-likeness (QED) is 0.210. The van der Waals surface area contributed by atoms with Gasteiger partial charge in [-0.15, -0.1) is 37.2 Å². The summed E-state index contributed by atoms with van der Waals surface area (Å²) < 4.78 is 27.0.